The molecule has 138 valence electrons. The predicted octanol–water partition coefficient (Wildman–Crippen LogP) is 2.52. The third-order valence-electron chi connectivity index (χ3n) is 5.32. The van der Waals surface area contributed by atoms with E-state index in [1.54, 1.807) is 23.4 Å². The summed E-state index contributed by atoms with van der Waals surface area (Å²) in [5, 5.41) is 0. The van der Waals surface area contributed by atoms with E-state index in [4.69, 9.17) is 0 Å². The van der Waals surface area contributed by atoms with E-state index in [1.165, 1.54) is 12.1 Å². The van der Waals surface area contributed by atoms with Crippen LogP contribution >= 0.6 is 0 Å². The zero-order valence-corrected chi connectivity index (χ0v) is 15.3. The lowest BCUT2D eigenvalue weighted by atomic mass is 9.99. The van der Waals surface area contributed by atoms with Crippen molar-refractivity contribution in [2.75, 3.05) is 13.1 Å². The Morgan fingerprint density at radius 1 is 1.12 bits per heavy atom. The number of sulfonamides is 1. The van der Waals surface area contributed by atoms with Gasteiger partial charge in [-0.1, -0.05) is 31.0 Å². The number of halogens is 1. The van der Waals surface area contributed by atoms with Crippen LogP contribution in [0.1, 0.15) is 44.6 Å². The Morgan fingerprint density at radius 2 is 1.88 bits per heavy atom. The fourth-order valence-electron chi connectivity index (χ4n) is 4.12. The van der Waals surface area contributed by atoms with Crippen molar-refractivity contribution < 1.29 is 17.6 Å². The molecule has 2 fully saturated rings. The summed E-state index contributed by atoms with van der Waals surface area (Å²) in [7, 11) is -3.65. The van der Waals surface area contributed by atoms with Gasteiger partial charge in [0.15, 0.2) is 0 Å². The van der Waals surface area contributed by atoms with Crippen LogP contribution in [0.15, 0.2) is 24.3 Å². The maximum Gasteiger partial charge on any atom is 0.219 e. The van der Waals surface area contributed by atoms with E-state index in [1.807, 2.05) is 4.90 Å². The monoisotopic (exact) mass is 368 g/mol. The molecule has 0 aliphatic carbocycles. The number of hydrogen-bond acceptors (Lipinski definition) is 3. The Kier molecular flexibility index (Phi) is 5.43. The largest absolute Gasteiger partial charge is 0.338 e. The Labute approximate surface area is 148 Å². The smallest absolute Gasteiger partial charge is 0.219 e. The fourth-order valence-corrected chi connectivity index (χ4v) is 5.98. The number of hydrogen-bond donors (Lipinski definition) is 0. The van der Waals surface area contributed by atoms with E-state index in [0.29, 0.717) is 19.5 Å². The molecule has 1 aromatic rings. The second kappa shape index (κ2) is 7.41. The van der Waals surface area contributed by atoms with Crippen molar-refractivity contribution in [2.45, 2.75) is 56.9 Å². The highest BCUT2D eigenvalue weighted by molar-refractivity contribution is 7.88. The Bertz CT molecular complexity index is 738. The summed E-state index contributed by atoms with van der Waals surface area (Å²) in [6, 6.07) is 5.75. The number of nitrogens with zero attached hydrogens (tertiary/aromatic N) is 2. The molecule has 1 amide bonds. The first-order valence-corrected chi connectivity index (χ1v) is 10.5. The average molecular weight is 368 g/mol. The number of fused-ring (bicyclic) bond motifs is 1. The van der Waals surface area contributed by atoms with Crippen LogP contribution < -0.4 is 0 Å². The lowest BCUT2D eigenvalue weighted by Crippen LogP contribution is -2.50. The van der Waals surface area contributed by atoms with Crippen molar-refractivity contribution in [3.05, 3.63) is 35.6 Å². The average Bonchev–Trinajstić information content (AvgIpc) is 2.92. The molecule has 3 rings (SSSR count). The van der Waals surface area contributed by atoms with E-state index in [-0.39, 0.29) is 29.3 Å². The van der Waals surface area contributed by atoms with Crippen LogP contribution in [0.3, 0.4) is 0 Å². The topological polar surface area (TPSA) is 57.7 Å². The molecule has 2 saturated heterocycles. The summed E-state index contributed by atoms with van der Waals surface area (Å²) in [5.41, 5.74) is 0.197. The van der Waals surface area contributed by atoms with Gasteiger partial charge in [-0.15, -0.1) is 0 Å². The van der Waals surface area contributed by atoms with Gasteiger partial charge in [0.25, 0.3) is 0 Å². The lowest BCUT2D eigenvalue weighted by molar-refractivity contribution is -0.130. The van der Waals surface area contributed by atoms with Crippen LogP contribution in [-0.2, 0) is 20.6 Å². The number of likely N-dealkylation sites (tertiary alicyclic amines) is 1. The lowest BCUT2D eigenvalue weighted by Gasteiger charge is -2.36. The van der Waals surface area contributed by atoms with Crippen molar-refractivity contribution in [2.24, 2.45) is 0 Å². The maximum absolute atomic E-state index is 13.9. The van der Waals surface area contributed by atoms with E-state index in [9.17, 15) is 17.6 Å². The van der Waals surface area contributed by atoms with E-state index in [2.05, 4.69) is 0 Å². The summed E-state index contributed by atoms with van der Waals surface area (Å²) >= 11 is 0. The number of amides is 1. The standard InChI is InChI=1S/C18H25FN2O3S/c1-14(22)20-12-10-18-17(20)9-3-2-6-11-21(18)25(23,24)13-15-7-4-5-8-16(15)19/h4-5,7-8,17-18H,2-3,6,9-13H2,1H3/t17-,18+/m1/s1. The molecule has 0 aromatic heterocycles. The minimum atomic E-state index is -3.65. The van der Waals surface area contributed by atoms with Gasteiger partial charge in [0, 0.05) is 37.7 Å². The van der Waals surface area contributed by atoms with Gasteiger partial charge >= 0.3 is 0 Å². The minimum Gasteiger partial charge on any atom is -0.338 e. The van der Waals surface area contributed by atoms with Crippen molar-refractivity contribution in [1.29, 1.82) is 0 Å². The summed E-state index contributed by atoms with van der Waals surface area (Å²) in [6.07, 6.45) is 4.24. The Morgan fingerprint density at radius 3 is 2.60 bits per heavy atom. The minimum absolute atomic E-state index is 0.000440. The van der Waals surface area contributed by atoms with Gasteiger partial charge in [0.1, 0.15) is 5.82 Å². The number of carbonyl (C=O) groups excluding carboxylic acids is 1. The highest BCUT2D eigenvalue weighted by Gasteiger charge is 2.43. The van der Waals surface area contributed by atoms with Gasteiger partial charge in [-0.25, -0.2) is 12.8 Å². The SMILES string of the molecule is CC(=O)N1CC[C@H]2[C@H]1CCCCCN2S(=O)(=O)Cc1ccccc1F. The third kappa shape index (κ3) is 3.87. The van der Waals surface area contributed by atoms with E-state index < -0.39 is 15.8 Å². The summed E-state index contributed by atoms with van der Waals surface area (Å²) in [5.74, 6) is -0.825. The summed E-state index contributed by atoms with van der Waals surface area (Å²) < 4.78 is 41.6. The van der Waals surface area contributed by atoms with Crippen LogP contribution in [0.2, 0.25) is 0 Å². The molecule has 0 N–H and O–H groups in total. The highest BCUT2D eigenvalue weighted by Crippen LogP contribution is 2.32. The molecule has 0 radical (unpaired) electrons. The molecule has 0 saturated carbocycles. The second-order valence-electron chi connectivity index (χ2n) is 6.94. The molecule has 2 aliphatic heterocycles. The van der Waals surface area contributed by atoms with Crippen LogP contribution in [0.25, 0.3) is 0 Å². The molecule has 25 heavy (non-hydrogen) atoms. The molecule has 5 nitrogen and oxygen atoms in total. The van der Waals surface area contributed by atoms with Crippen LogP contribution in [0.4, 0.5) is 4.39 Å². The quantitative estimate of drug-likeness (QED) is 0.824. The van der Waals surface area contributed by atoms with Gasteiger partial charge < -0.3 is 4.90 Å². The van der Waals surface area contributed by atoms with Gasteiger partial charge in [-0.3, -0.25) is 4.79 Å². The van der Waals surface area contributed by atoms with E-state index >= 15 is 0 Å². The molecule has 1 aromatic carbocycles. The zero-order valence-electron chi connectivity index (χ0n) is 14.5. The van der Waals surface area contributed by atoms with Crippen LogP contribution in [0, 0.1) is 5.82 Å². The van der Waals surface area contributed by atoms with Gasteiger partial charge in [0.2, 0.25) is 15.9 Å². The molecule has 0 spiro atoms. The first-order chi connectivity index (χ1) is 11.9. The van der Waals surface area contributed by atoms with Crippen molar-refractivity contribution in [3.8, 4) is 0 Å². The predicted molar refractivity (Wildman–Crippen MR) is 93.8 cm³/mol. The molecule has 0 bridgehead atoms. The molecule has 2 atom stereocenters. The first kappa shape index (κ1) is 18.3. The van der Waals surface area contributed by atoms with Crippen LogP contribution in [-0.4, -0.2) is 48.7 Å². The van der Waals surface area contributed by atoms with Gasteiger partial charge in [-0.05, 0) is 25.3 Å². The fraction of sp³-hybridized carbons (Fsp3) is 0.611. The van der Waals surface area contributed by atoms with Crippen molar-refractivity contribution >= 4 is 15.9 Å². The van der Waals surface area contributed by atoms with Gasteiger partial charge in [0.05, 0.1) is 5.75 Å². The molecule has 7 heteroatoms. The van der Waals surface area contributed by atoms with Crippen molar-refractivity contribution in [1.82, 2.24) is 9.21 Å². The molecule has 2 heterocycles. The summed E-state index contributed by atoms with van der Waals surface area (Å²) in [4.78, 5) is 13.7. The highest BCUT2D eigenvalue weighted by atomic mass is 32.2. The number of rotatable bonds is 3. The third-order valence-corrected chi connectivity index (χ3v) is 7.16. The maximum atomic E-state index is 13.9. The number of benzene rings is 1. The van der Waals surface area contributed by atoms with Crippen molar-refractivity contribution in [3.63, 3.8) is 0 Å². The Hall–Kier alpha value is -1.47. The molecular weight excluding hydrogens is 343 g/mol. The Balaban J connectivity index is 1.87. The zero-order chi connectivity index (χ0) is 18.0. The number of carbonyl (C=O) groups is 1. The molecule has 0 unspecified atom stereocenters. The molecule has 2 aliphatic rings. The second-order valence-corrected chi connectivity index (χ2v) is 8.86. The van der Waals surface area contributed by atoms with Crippen LogP contribution in [0.5, 0.6) is 0 Å². The first-order valence-electron chi connectivity index (χ1n) is 8.90. The summed E-state index contributed by atoms with van der Waals surface area (Å²) in [6.45, 7) is 2.58. The molecular formula is C18H25FN2O3S. The van der Waals surface area contributed by atoms with Gasteiger partial charge in [-0.2, -0.15) is 4.31 Å². The van der Waals surface area contributed by atoms with E-state index in [0.717, 1.165) is 25.7 Å². The normalized spacial score (nSPS) is 25.3.